The van der Waals surface area contributed by atoms with Gasteiger partial charge in [0, 0.05) is 24.3 Å². The first-order valence-electron chi connectivity index (χ1n) is 6.86. The van der Waals surface area contributed by atoms with Crippen molar-refractivity contribution in [3.8, 4) is 11.1 Å². The van der Waals surface area contributed by atoms with Crippen molar-refractivity contribution in [2.45, 2.75) is 32.1 Å². The van der Waals surface area contributed by atoms with E-state index in [0.717, 1.165) is 12.2 Å². The summed E-state index contributed by atoms with van der Waals surface area (Å²) in [7, 11) is 0. The summed E-state index contributed by atoms with van der Waals surface area (Å²) in [6.07, 6.45) is 11.6. The SMILES string of the molecule is SCCCCCCc1cc(-c2ccncc2)ccn1. The molecule has 0 saturated carbocycles. The summed E-state index contributed by atoms with van der Waals surface area (Å²) in [6, 6.07) is 8.31. The van der Waals surface area contributed by atoms with Crippen molar-refractivity contribution in [1.82, 2.24) is 9.97 Å². The van der Waals surface area contributed by atoms with Gasteiger partial charge in [-0.05, 0) is 60.4 Å². The van der Waals surface area contributed by atoms with E-state index in [-0.39, 0.29) is 0 Å². The van der Waals surface area contributed by atoms with Crippen molar-refractivity contribution in [3.63, 3.8) is 0 Å². The molecular weight excluding hydrogens is 252 g/mol. The van der Waals surface area contributed by atoms with Gasteiger partial charge in [-0.2, -0.15) is 12.6 Å². The Balaban J connectivity index is 1.92. The van der Waals surface area contributed by atoms with Crippen LogP contribution < -0.4 is 0 Å². The Hall–Kier alpha value is -1.35. The average Bonchev–Trinajstić information content (AvgIpc) is 2.48. The summed E-state index contributed by atoms with van der Waals surface area (Å²) in [6.45, 7) is 0. The van der Waals surface area contributed by atoms with E-state index >= 15 is 0 Å². The van der Waals surface area contributed by atoms with E-state index in [2.05, 4.69) is 34.7 Å². The van der Waals surface area contributed by atoms with Gasteiger partial charge in [-0.1, -0.05) is 12.8 Å². The molecule has 0 spiro atoms. The van der Waals surface area contributed by atoms with Crippen LogP contribution in [0.25, 0.3) is 11.1 Å². The Morgan fingerprint density at radius 1 is 0.842 bits per heavy atom. The maximum atomic E-state index is 4.45. The number of hydrogen-bond donors (Lipinski definition) is 1. The Labute approximate surface area is 120 Å². The van der Waals surface area contributed by atoms with Crippen molar-refractivity contribution in [1.29, 1.82) is 0 Å². The fourth-order valence-corrected chi connectivity index (χ4v) is 2.33. The van der Waals surface area contributed by atoms with E-state index in [9.17, 15) is 0 Å². The van der Waals surface area contributed by atoms with Crippen molar-refractivity contribution >= 4 is 12.6 Å². The smallest absolute Gasteiger partial charge is 0.0409 e. The van der Waals surface area contributed by atoms with Crippen LogP contribution in [0.4, 0.5) is 0 Å². The quantitative estimate of drug-likeness (QED) is 0.604. The van der Waals surface area contributed by atoms with Crippen LogP contribution in [0, 0.1) is 0 Å². The summed E-state index contributed by atoms with van der Waals surface area (Å²) >= 11 is 4.23. The standard InChI is InChI=1S/C16H20N2S/c19-12-4-2-1-3-5-16-13-15(8-11-18-16)14-6-9-17-10-7-14/h6-11,13,19H,1-5,12H2. The second-order valence-electron chi connectivity index (χ2n) is 4.66. The summed E-state index contributed by atoms with van der Waals surface area (Å²) in [5, 5.41) is 0. The number of aryl methyl sites for hydroxylation is 1. The molecule has 0 aliphatic heterocycles. The zero-order valence-electron chi connectivity index (χ0n) is 11.1. The van der Waals surface area contributed by atoms with Gasteiger partial charge in [0.1, 0.15) is 0 Å². The first-order chi connectivity index (χ1) is 9.40. The molecule has 0 aromatic carbocycles. The Kier molecular flexibility index (Phi) is 5.89. The number of thiol groups is 1. The topological polar surface area (TPSA) is 25.8 Å². The number of unbranched alkanes of at least 4 members (excludes halogenated alkanes) is 3. The lowest BCUT2D eigenvalue weighted by Gasteiger charge is -2.04. The van der Waals surface area contributed by atoms with Crippen LogP contribution in [0.15, 0.2) is 42.9 Å². The highest BCUT2D eigenvalue weighted by molar-refractivity contribution is 7.80. The Morgan fingerprint density at radius 3 is 2.37 bits per heavy atom. The molecule has 0 bridgehead atoms. The number of aromatic nitrogens is 2. The van der Waals surface area contributed by atoms with Crippen molar-refractivity contribution in [2.24, 2.45) is 0 Å². The molecule has 3 heteroatoms. The summed E-state index contributed by atoms with van der Waals surface area (Å²) in [5.41, 5.74) is 3.61. The fourth-order valence-electron chi connectivity index (χ4n) is 2.11. The number of rotatable bonds is 7. The van der Waals surface area contributed by atoms with Gasteiger partial charge < -0.3 is 0 Å². The molecule has 0 aliphatic carbocycles. The molecule has 0 aliphatic rings. The fraction of sp³-hybridized carbons (Fsp3) is 0.375. The summed E-state index contributed by atoms with van der Waals surface area (Å²) in [4.78, 5) is 8.50. The molecule has 0 atom stereocenters. The maximum absolute atomic E-state index is 4.45. The van der Waals surface area contributed by atoms with Crippen molar-refractivity contribution in [2.75, 3.05) is 5.75 Å². The minimum absolute atomic E-state index is 0.996. The summed E-state index contributed by atoms with van der Waals surface area (Å²) < 4.78 is 0. The van der Waals surface area contributed by atoms with Crippen LogP contribution in [0.1, 0.15) is 31.4 Å². The first-order valence-corrected chi connectivity index (χ1v) is 7.49. The van der Waals surface area contributed by atoms with E-state index in [0.29, 0.717) is 0 Å². The number of nitrogens with zero attached hydrogens (tertiary/aromatic N) is 2. The molecular formula is C16H20N2S. The second kappa shape index (κ2) is 7.95. The first kappa shape index (κ1) is 14.1. The molecule has 100 valence electrons. The number of hydrogen-bond acceptors (Lipinski definition) is 3. The van der Waals surface area contributed by atoms with E-state index in [1.807, 2.05) is 30.7 Å². The van der Waals surface area contributed by atoms with Crippen molar-refractivity contribution < 1.29 is 0 Å². The largest absolute Gasteiger partial charge is 0.265 e. The zero-order valence-corrected chi connectivity index (χ0v) is 12.0. The van der Waals surface area contributed by atoms with Gasteiger partial charge in [-0.3, -0.25) is 9.97 Å². The molecule has 2 rings (SSSR count). The molecule has 2 aromatic rings. The van der Waals surface area contributed by atoms with Gasteiger partial charge in [0.15, 0.2) is 0 Å². The van der Waals surface area contributed by atoms with Gasteiger partial charge in [-0.25, -0.2) is 0 Å². The van der Waals surface area contributed by atoms with Crippen LogP contribution in [-0.2, 0) is 6.42 Å². The Bertz CT molecular complexity index is 485. The van der Waals surface area contributed by atoms with Crippen LogP contribution >= 0.6 is 12.6 Å². The molecule has 0 unspecified atom stereocenters. The lowest BCUT2D eigenvalue weighted by molar-refractivity contribution is 0.664. The van der Waals surface area contributed by atoms with Gasteiger partial charge >= 0.3 is 0 Å². The van der Waals surface area contributed by atoms with E-state index in [4.69, 9.17) is 0 Å². The molecule has 0 amide bonds. The monoisotopic (exact) mass is 272 g/mol. The minimum atomic E-state index is 0.996. The van der Waals surface area contributed by atoms with Gasteiger partial charge in [0.2, 0.25) is 0 Å². The average molecular weight is 272 g/mol. The molecule has 2 heterocycles. The highest BCUT2D eigenvalue weighted by Gasteiger charge is 2.00. The van der Waals surface area contributed by atoms with E-state index in [1.54, 1.807) is 0 Å². The molecule has 0 radical (unpaired) electrons. The molecule has 0 saturated heterocycles. The summed E-state index contributed by atoms with van der Waals surface area (Å²) in [5.74, 6) is 0.996. The number of pyridine rings is 2. The molecule has 2 aromatic heterocycles. The van der Waals surface area contributed by atoms with Gasteiger partial charge in [0.05, 0.1) is 0 Å². The molecule has 0 N–H and O–H groups in total. The van der Waals surface area contributed by atoms with Gasteiger partial charge in [-0.15, -0.1) is 0 Å². The molecule has 2 nitrogen and oxygen atoms in total. The Morgan fingerprint density at radius 2 is 1.58 bits per heavy atom. The molecule has 19 heavy (non-hydrogen) atoms. The van der Waals surface area contributed by atoms with E-state index < -0.39 is 0 Å². The van der Waals surface area contributed by atoms with Gasteiger partial charge in [0.25, 0.3) is 0 Å². The van der Waals surface area contributed by atoms with Crippen LogP contribution in [0.2, 0.25) is 0 Å². The predicted octanol–water partition coefficient (Wildman–Crippen LogP) is 4.18. The highest BCUT2D eigenvalue weighted by atomic mass is 32.1. The third-order valence-electron chi connectivity index (χ3n) is 3.17. The maximum Gasteiger partial charge on any atom is 0.0409 e. The van der Waals surface area contributed by atoms with Crippen LogP contribution in [-0.4, -0.2) is 15.7 Å². The lowest BCUT2D eigenvalue weighted by Crippen LogP contribution is -1.91. The van der Waals surface area contributed by atoms with Crippen molar-refractivity contribution in [3.05, 3.63) is 48.5 Å². The highest BCUT2D eigenvalue weighted by Crippen LogP contribution is 2.19. The second-order valence-corrected chi connectivity index (χ2v) is 5.11. The molecule has 0 fully saturated rings. The predicted molar refractivity (Wildman–Crippen MR) is 83.5 cm³/mol. The van der Waals surface area contributed by atoms with Crippen LogP contribution in [0.3, 0.4) is 0 Å². The lowest BCUT2D eigenvalue weighted by atomic mass is 10.1. The van der Waals surface area contributed by atoms with E-state index in [1.165, 1.54) is 42.5 Å². The normalized spacial score (nSPS) is 10.6. The minimum Gasteiger partial charge on any atom is -0.265 e. The van der Waals surface area contributed by atoms with Crippen LogP contribution in [0.5, 0.6) is 0 Å². The zero-order chi connectivity index (χ0) is 13.3. The third-order valence-corrected chi connectivity index (χ3v) is 3.49. The third kappa shape index (κ3) is 4.67.